The van der Waals surface area contributed by atoms with Crippen LogP contribution in [-0.4, -0.2) is 44.7 Å². The Balaban J connectivity index is 2.62. The predicted octanol–water partition coefficient (Wildman–Crippen LogP) is 0.142. The predicted molar refractivity (Wildman–Crippen MR) is 54.2 cm³/mol. The number of hydrogen-bond acceptors (Lipinski definition) is 5. The molecule has 1 aliphatic rings. The molecule has 0 spiro atoms. The van der Waals surface area contributed by atoms with Crippen LogP contribution in [0.15, 0.2) is 0 Å². The van der Waals surface area contributed by atoms with Crippen LogP contribution in [0.5, 0.6) is 0 Å². The summed E-state index contributed by atoms with van der Waals surface area (Å²) < 4.78 is 33.3. The highest BCUT2D eigenvalue weighted by Crippen LogP contribution is 2.21. The van der Waals surface area contributed by atoms with Crippen LogP contribution < -0.4 is 0 Å². The zero-order valence-corrected chi connectivity index (χ0v) is 9.75. The fraction of sp³-hybridized carbons (Fsp3) is 0.889. The molecule has 15 heavy (non-hydrogen) atoms. The van der Waals surface area contributed by atoms with E-state index < -0.39 is 26.8 Å². The molecule has 0 aromatic carbocycles. The van der Waals surface area contributed by atoms with Crippen molar-refractivity contribution in [1.29, 1.82) is 0 Å². The Labute approximate surface area is 89.7 Å². The van der Waals surface area contributed by atoms with Gasteiger partial charge in [-0.1, -0.05) is 0 Å². The summed E-state index contributed by atoms with van der Waals surface area (Å²) in [5, 5.41) is -0.568. The molecule has 2 unspecified atom stereocenters. The highest BCUT2D eigenvalue weighted by Gasteiger charge is 2.37. The Morgan fingerprint density at radius 1 is 1.53 bits per heavy atom. The molecule has 88 valence electrons. The number of ether oxygens (including phenoxy) is 2. The first kappa shape index (κ1) is 12.4. The van der Waals surface area contributed by atoms with Gasteiger partial charge < -0.3 is 9.47 Å². The van der Waals surface area contributed by atoms with Gasteiger partial charge in [0.15, 0.2) is 9.84 Å². The highest BCUT2D eigenvalue weighted by molar-refractivity contribution is 7.92. The van der Waals surface area contributed by atoms with Crippen molar-refractivity contribution < 1.29 is 22.7 Å². The van der Waals surface area contributed by atoms with Gasteiger partial charge >= 0.3 is 5.97 Å². The lowest BCUT2D eigenvalue weighted by Crippen LogP contribution is -2.33. The van der Waals surface area contributed by atoms with Crippen molar-refractivity contribution in [3.8, 4) is 0 Å². The van der Waals surface area contributed by atoms with Crippen LogP contribution in [-0.2, 0) is 24.1 Å². The summed E-state index contributed by atoms with van der Waals surface area (Å²) in [5.74, 6) is -1.23. The van der Waals surface area contributed by atoms with Gasteiger partial charge in [-0.2, -0.15) is 0 Å². The summed E-state index contributed by atoms with van der Waals surface area (Å²) in [6, 6.07) is 0. The Kier molecular flexibility index (Phi) is 4.10. The summed E-state index contributed by atoms with van der Waals surface area (Å²) in [5.41, 5.74) is 0. The van der Waals surface area contributed by atoms with Gasteiger partial charge in [0, 0.05) is 6.61 Å². The molecule has 0 amide bonds. The topological polar surface area (TPSA) is 69.7 Å². The quantitative estimate of drug-likeness (QED) is 0.649. The Morgan fingerprint density at radius 3 is 2.67 bits per heavy atom. The van der Waals surface area contributed by atoms with E-state index in [1.165, 1.54) is 0 Å². The van der Waals surface area contributed by atoms with E-state index in [1.54, 1.807) is 13.8 Å². The molecular weight excluding hydrogens is 220 g/mol. The van der Waals surface area contributed by atoms with Crippen LogP contribution >= 0.6 is 0 Å². The van der Waals surface area contributed by atoms with Gasteiger partial charge in [0.25, 0.3) is 0 Å². The number of esters is 1. The van der Waals surface area contributed by atoms with Crippen molar-refractivity contribution in [2.45, 2.75) is 31.6 Å². The first-order valence-electron chi connectivity index (χ1n) is 4.96. The van der Waals surface area contributed by atoms with Crippen molar-refractivity contribution in [3.63, 3.8) is 0 Å². The molecule has 1 fully saturated rings. The number of rotatable bonds is 4. The smallest absolute Gasteiger partial charge is 0.321 e. The van der Waals surface area contributed by atoms with E-state index in [4.69, 9.17) is 4.74 Å². The molecule has 1 aliphatic heterocycles. The number of carbonyl (C=O) groups excluding carboxylic acids is 1. The second-order valence-corrected chi connectivity index (χ2v) is 5.74. The van der Waals surface area contributed by atoms with Crippen molar-refractivity contribution >= 4 is 15.8 Å². The second kappa shape index (κ2) is 4.94. The summed E-state index contributed by atoms with van der Waals surface area (Å²) in [7, 11) is -3.43. The Bertz CT molecular complexity index is 321. The average molecular weight is 236 g/mol. The van der Waals surface area contributed by atoms with Gasteiger partial charge in [-0.25, -0.2) is 8.42 Å². The van der Waals surface area contributed by atoms with Gasteiger partial charge in [-0.3, -0.25) is 4.79 Å². The van der Waals surface area contributed by atoms with Crippen LogP contribution in [0.1, 0.15) is 20.3 Å². The van der Waals surface area contributed by atoms with Crippen LogP contribution in [0.3, 0.4) is 0 Å². The number of carbonyl (C=O) groups is 1. The molecule has 0 aromatic heterocycles. The van der Waals surface area contributed by atoms with Gasteiger partial charge in [0.2, 0.25) is 0 Å². The summed E-state index contributed by atoms with van der Waals surface area (Å²) >= 11 is 0. The first-order chi connectivity index (χ1) is 6.97. The minimum absolute atomic E-state index is 0.199. The standard InChI is InChI=1S/C9H16O5S/c1-3-13-9(10)6-15(11,12)8-4-5-14-7(8)2/h7-8H,3-6H2,1-2H3. The molecule has 0 aromatic rings. The Hall–Kier alpha value is -0.620. The minimum atomic E-state index is -3.43. The molecule has 0 saturated carbocycles. The van der Waals surface area contributed by atoms with Gasteiger partial charge in [0.1, 0.15) is 5.75 Å². The lowest BCUT2D eigenvalue weighted by Gasteiger charge is -2.14. The summed E-state index contributed by atoms with van der Waals surface area (Å²) in [6.07, 6.45) is 0.132. The number of hydrogen-bond donors (Lipinski definition) is 0. The maximum absolute atomic E-state index is 11.7. The van der Waals surface area contributed by atoms with E-state index in [0.29, 0.717) is 13.0 Å². The lowest BCUT2D eigenvalue weighted by atomic mass is 10.3. The van der Waals surface area contributed by atoms with Crippen molar-refractivity contribution in [2.24, 2.45) is 0 Å². The minimum Gasteiger partial charge on any atom is -0.465 e. The van der Waals surface area contributed by atoms with Crippen LogP contribution in [0.25, 0.3) is 0 Å². The van der Waals surface area contributed by atoms with Gasteiger partial charge in [0.05, 0.1) is 18.0 Å². The molecule has 1 rings (SSSR count). The molecule has 0 aliphatic carbocycles. The zero-order chi connectivity index (χ0) is 11.5. The van der Waals surface area contributed by atoms with Crippen LogP contribution in [0, 0.1) is 0 Å². The maximum Gasteiger partial charge on any atom is 0.321 e. The largest absolute Gasteiger partial charge is 0.465 e. The normalized spacial score (nSPS) is 26.5. The fourth-order valence-electron chi connectivity index (χ4n) is 1.66. The zero-order valence-electron chi connectivity index (χ0n) is 8.93. The molecule has 1 saturated heterocycles. The molecule has 0 N–H and O–H groups in total. The van der Waals surface area contributed by atoms with Crippen molar-refractivity contribution in [1.82, 2.24) is 0 Å². The highest BCUT2D eigenvalue weighted by atomic mass is 32.2. The summed E-state index contributed by atoms with van der Waals surface area (Å²) in [6.45, 7) is 3.99. The molecule has 1 heterocycles. The van der Waals surface area contributed by atoms with E-state index in [2.05, 4.69) is 4.74 Å². The van der Waals surface area contributed by atoms with Gasteiger partial charge in [-0.15, -0.1) is 0 Å². The monoisotopic (exact) mass is 236 g/mol. The van der Waals surface area contributed by atoms with Crippen molar-refractivity contribution in [3.05, 3.63) is 0 Å². The average Bonchev–Trinajstić information content (AvgIpc) is 2.51. The van der Waals surface area contributed by atoms with E-state index >= 15 is 0 Å². The van der Waals surface area contributed by atoms with Crippen molar-refractivity contribution in [2.75, 3.05) is 19.0 Å². The Morgan fingerprint density at radius 2 is 2.20 bits per heavy atom. The molecule has 0 radical (unpaired) electrons. The third kappa shape index (κ3) is 3.17. The fourth-order valence-corrected chi connectivity index (χ4v) is 3.40. The molecule has 6 heteroatoms. The van der Waals surface area contributed by atoms with E-state index in [0.717, 1.165) is 0 Å². The van der Waals surface area contributed by atoms with Crippen LogP contribution in [0.2, 0.25) is 0 Å². The third-order valence-corrected chi connectivity index (χ3v) is 4.57. The molecule has 2 atom stereocenters. The first-order valence-corrected chi connectivity index (χ1v) is 6.67. The molecule has 0 bridgehead atoms. The number of sulfone groups is 1. The second-order valence-electron chi connectivity index (χ2n) is 3.52. The maximum atomic E-state index is 11.7. The van der Waals surface area contributed by atoms with Gasteiger partial charge in [-0.05, 0) is 20.3 Å². The third-order valence-electron chi connectivity index (χ3n) is 2.39. The molecular formula is C9H16O5S. The SMILES string of the molecule is CCOC(=O)CS(=O)(=O)C1CCOC1C. The van der Waals surface area contributed by atoms with E-state index in [9.17, 15) is 13.2 Å². The van der Waals surface area contributed by atoms with E-state index in [-0.39, 0.29) is 12.7 Å². The van der Waals surface area contributed by atoms with E-state index in [1.807, 2.05) is 0 Å². The van der Waals surface area contributed by atoms with Crippen LogP contribution in [0.4, 0.5) is 0 Å². The summed E-state index contributed by atoms with van der Waals surface area (Å²) in [4.78, 5) is 11.1. The molecule has 5 nitrogen and oxygen atoms in total. The lowest BCUT2D eigenvalue weighted by molar-refractivity contribution is -0.139.